The van der Waals surface area contributed by atoms with Gasteiger partial charge >= 0.3 is 0 Å². The second-order valence-corrected chi connectivity index (χ2v) is 7.41. The zero-order valence-corrected chi connectivity index (χ0v) is 16.7. The lowest BCUT2D eigenvalue weighted by atomic mass is 10.0. The first-order valence-corrected chi connectivity index (χ1v) is 11.1. The smallest absolute Gasteiger partial charge is 0.0351 e. The minimum Gasteiger partial charge on any atom is -0.0885 e. The van der Waals surface area contributed by atoms with Gasteiger partial charge in [0, 0.05) is 0 Å². The Bertz CT molecular complexity index is 228. The van der Waals surface area contributed by atoms with E-state index in [1.807, 2.05) is 0 Å². The quantitative estimate of drug-likeness (QED) is 0.154. The van der Waals surface area contributed by atoms with Gasteiger partial charge in [0.15, 0.2) is 0 Å². The van der Waals surface area contributed by atoms with Crippen molar-refractivity contribution in [1.29, 1.82) is 0 Å². The largest absolute Gasteiger partial charge is 0.0885 e. The van der Waals surface area contributed by atoms with Gasteiger partial charge in [-0.05, 0) is 25.7 Å². The van der Waals surface area contributed by atoms with Gasteiger partial charge in [0.05, 0.1) is 0 Å². The van der Waals surface area contributed by atoms with Gasteiger partial charge in [0.25, 0.3) is 0 Å². The maximum Gasteiger partial charge on any atom is -0.0351 e. The molecule has 142 valence electrons. The van der Waals surface area contributed by atoms with Gasteiger partial charge in [-0.25, -0.2) is 0 Å². The topological polar surface area (TPSA) is 0 Å². The second kappa shape index (κ2) is 22.7. The van der Waals surface area contributed by atoms with Crippen LogP contribution in [-0.4, -0.2) is 0 Å². The Morgan fingerprint density at radius 3 is 0.958 bits per heavy atom. The normalized spacial score (nSPS) is 11.6. The van der Waals surface area contributed by atoms with E-state index in [-0.39, 0.29) is 0 Å². The molecule has 0 heterocycles. The van der Waals surface area contributed by atoms with Gasteiger partial charge in [-0.15, -0.1) is 0 Å². The van der Waals surface area contributed by atoms with E-state index in [9.17, 15) is 0 Å². The van der Waals surface area contributed by atoms with E-state index in [4.69, 9.17) is 0 Å². The zero-order chi connectivity index (χ0) is 17.6. The van der Waals surface area contributed by atoms with Crippen LogP contribution in [0.4, 0.5) is 0 Å². The highest BCUT2D eigenvalue weighted by Gasteiger charge is 1.94. The standard InChI is InChI=1S/C24H46/c1-3-5-7-9-11-13-15-17-19-21-23-24-22-20-18-16-14-12-10-8-6-4-2/h11,13H,1-10,12,14-24H2/b13-11+. The van der Waals surface area contributed by atoms with E-state index in [0.717, 1.165) is 12.8 Å². The highest BCUT2D eigenvalue weighted by molar-refractivity contribution is 4.81. The molecule has 0 aliphatic carbocycles. The summed E-state index contributed by atoms with van der Waals surface area (Å²) in [7, 11) is 0. The number of unbranched alkanes of at least 4 members (excludes halogenated alkanes) is 18. The summed E-state index contributed by atoms with van der Waals surface area (Å²) in [6.07, 6.45) is 32.2. The molecule has 0 aromatic carbocycles. The number of rotatable bonds is 20. The average Bonchev–Trinajstić information content (AvgIpc) is 2.60. The van der Waals surface area contributed by atoms with Gasteiger partial charge in [-0.3, -0.25) is 0 Å². The van der Waals surface area contributed by atoms with Crippen molar-refractivity contribution in [1.82, 2.24) is 0 Å². The molecule has 0 saturated carbocycles. The van der Waals surface area contributed by atoms with Crippen LogP contribution in [0.5, 0.6) is 0 Å². The average molecular weight is 335 g/mol. The Morgan fingerprint density at radius 1 is 0.333 bits per heavy atom. The SMILES string of the molecule is [CH2]CCCC/C=C/CCCCCCCCCCCCCCCC[CH2]. The van der Waals surface area contributed by atoms with E-state index >= 15 is 0 Å². The van der Waals surface area contributed by atoms with E-state index in [1.165, 1.54) is 116 Å². The van der Waals surface area contributed by atoms with Gasteiger partial charge < -0.3 is 0 Å². The Balaban J connectivity index is 3.00. The van der Waals surface area contributed by atoms with E-state index in [1.54, 1.807) is 0 Å². The lowest BCUT2D eigenvalue weighted by Crippen LogP contribution is -1.83. The molecule has 0 amide bonds. The van der Waals surface area contributed by atoms with Crippen molar-refractivity contribution >= 4 is 0 Å². The molecule has 24 heavy (non-hydrogen) atoms. The molecular formula is C24H46. The van der Waals surface area contributed by atoms with Crippen molar-refractivity contribution in [2.24, 2.45) is 0 Å². The highest BCUT2D eigenvalue weighted by atomic mass is 14.0. The summed E-state index contributed by atoms with van der Waals surface area (Å²) < 4.78 is 0. The van der Waals surface area contributed by atoms with Crippen LogP contribution in [-0.2, 0) is 0 Å². The van der Waals surface area contributed by atoms with Gasteiger partial charge in [-0.2, -0.15) is 0 Å². The summed E-state index contributed by atoms with van der Waals surface area (Å²) >= 11 is 0. The summed E-state index contributed by atoms with van der Waals surface area (Å²) in [5.41, 5.74) is 0. The molecule has 0 saturated heterocycles. The number of hydrogen-bond donors (Lipinski definition) is 0. The predicted octanol–water partition coefficient (Wildman–Crippen LogP) is 9.01. The second-order valence-electron chi connectivity index (χ2n) is 7.41. The molecule has 0 rings (SSSR count). The summed E-state index contributed by atoms with van der Waals surface area (Å²) in [5, 5.41) is 0. The van der Waals surface area contributed by atoms with Crippen molar-refractivity contribution in [3.63, 3.8) is 0 Å². The van der Waals surface area contributed by atoms with Crippen LogP contribution in [0, 0.1) is 13.8 Å². The number of allylic oxidation sites excluding steroid dienone is 2. The molecule has 0 aromatic heterocycles. The molecule has 0 fully saturated rings. The predicted molar refractivity (Wildman–Crippen MR) is 112 cm³/mol. The van der Waals surface area contributed by atoms with Crippen LogP contribution in [0.1, 0.15) is 128 Å². The van der Waals surface area contributed by atoms with Crippen LogP contribution in [0.2, 0.25) is 0 Å². The molecule has 0 unspecified atom stereocenters. The molecule has 0 bridgehead atoms. The van der Waals surface area contributed by atoms with E-state index < -0.39 is 0 Å². The highest BCUT2D eigenvalue weighted by Crippen LogP contribution is 2.13. The van der Waals surface area contributed by atoms with Crippen molar-refractivity contribution < 1.29 is 0 Å². The van der Waals surface area contributed by atoms with E-state index in [2.05, 4.69) is 26.0 Å². The minimum atomic E-state index is 1.09. The van der Waals surface area contributed by atoms with Crippen molar-refractivity contribution in [2.75, 3.05) is 0 Å². The molecule has 0 aliphatic heterocycles. The fourth-order valence-electron chi connectivity index (χ4n) is 3.23. The molecule has 0 heteroatoms. The summed E-state index contributed by atoms with van der Waals surface area (Å²) in [6, 6.07) is 0. The molecule has 0 aromatic rings. The summed E-state index contributed by atoms with van der Waals surface area (Å²) in [4.78, 5) is 0. The molecule has 2 radical (unpaired) electrons. The molecule has 0 aliphatic rings. The number of hydrogen-bond acceptors (Lipinski definition) is 0. The third-order valence-corrected chi connectivity index (χ3v) is 4.91. The molecule has 0 N–H and O–H groups in total. The molecule has 0 atom stereocenters. The lowest BCUT2D eigenvalue weighted by molar-refractivity contribution is 0.534. The Labute approximate surface area is 154 Å². The van der Waals surface area contributed by atoms with E-state index in [0.29, 0.717) is 0 Å². The summed E-state index contributed by atoms with van der Waals surface area (Å²) in [5.74, 6) is 0. The van der Waals surface area contributed by atoms with Crippen LogP contribution in [0.15, 0.2) is 12.2 Å². The first-order valence-electron chi connectivity index (χ1n) is 11.1. The van der Waals surface area contributed by atoms with Gasteiger partial charge in [0.1, 0.15) is 0 Å². The van der Waals surface area contributed by atoms with Crippen molar-refractivity contribution in [3.8, 4) is 0 Å². The third-order valence-electron chi connectivity index (χ3n) is 4.91. The molecule has 0 spiro atoms. The van der Waals surface area contributed by atoms with Crippen LogP contribution >= 0.6 is 0 Å². The van der Waals surface area contributed by atoms with Gasteiger partial charge in [-0.1, -0.05) is 129 Å². The summed E-state index contributed by atoms with van der Waals surface area (Å²) in [6.45, 7) is 7.78. The fraction of sp³-hybridized carbons (Fsp3) is 0.833. The minimum absolute atomic E-state index is 1.09. The monoisotopic (exact) mass is 334 g/mol. The molecular weight excluding hydrogens is 288 g/mol. The van der Waals surface area contributed by atoms with Crippen LogP contribution in [0.3, 0.4) is 0 Å². The maximum atomic E-state index is 3.90. The fourth-order valence-corrected chi connectivity index (χ4v) is 3.23. The van der Waals surface area contributed by atoms with Crippen molar-refractivity contribution in [3.05, 3.63) is 26.0 Å². The third kappa shape index (κ3) is 21.7. The maximum absolute atomic E-state index is 3.90. The zero-order valence-electron chi connectivity index (χ0n) is 16.7. The van der Waals surface area contributed by atoms with Crippen molar-refractivity contribution in [2.45, 2.75) is 128 Å². The van der Waals surface area contributed by atoms with Gasteiger partial charge in [0.2, 0.25) is 0 Å². The Morgan fingerprint density at radius 2 is 0.583 bits per heavy atom. The first-order chi connectivity index (χ1) is 11.9. The van der Waals surface area contributed by atoms with Crippen LogP contribution < -0.4 is 0 Å². The lowest BCUT2D eigenvalue weighted by Gasteiger charge is -2.03. The Hall–Kier alpha value is -0.260. The molecule has 0 nitrogen and oxygen atoms in total. The Kier molecular flexibility index (Phi) is 22.5. The van der Waals surface area contributed by atoms with Crippen LogP contribution in [0.25, 0.3) is 0 Å². The first kappa shape index (κ1) is 23.7.